The first-order valence-electron chi connectivity index (χ1n) is 7.53. The average Bonchev–Trinajstić information content (AvgIpc) is 2.62. The van der Waals surface area contributed by atoms with Crippen LogP contribution in [0.2, 0.25) is 0 Å². The smallest absolute Gasteiger partial charge is 0.271 e. The summed E-state index contributed by atoms with van der Waals surface area (Å²) in [6, 6.07) is 18.9. The zero-order valence-electron chi connectivity index (χ0n) is 13.5. The molecule has 0 aromatic heterocycles. The topological polar surface area (TPSA) is 59.6 Å². The van der Waals surface area contributed by atoms with E-state index in [2.05, 4.69) is 11.0 Å². The number of rotatable bonds is 5. The van der Waals surface area contributed by atoms with Crippen molar-refractivity contribution in [2.24, 2.45) is 0 Å². The Hall–Kier alpha value is -3.05. The Balaban J connectivity index is 1.75. The van der Waals surface area contributed by atoms with Crippen molar-refractivity contribution in [3.05, 3.63) is 71.8 Å². The molecule has 0 spiro atoms. The van der Waals surface area contributed by atoms with Gasteiger partial charge in [0.25, 0.3) is 5.91 Å². The molecule has 0 atom stereocenters. The van der Waals surface area contributed by atoms with Gasteiger partial charge in [0.1, 0.15) is 5.75 Å². The number of hydrazine groups is 1. The van der Waals surface area contributed by atoms with Crippen LogP contribution >= 0.6 is 0 Å². The molecule has 3 aromatic rings. The third-order valence-corrected chi connectivity index (χ3v) is 3.73. The summed E-state index contributed by atoms with van der Waals surface area (Å²) < 4.78 is 5.33. The summed E-state index contributed by atoms with van der Waals surface area (Å²) in [5.74, 6) is 0.804. The van der Waals surface area contributed by atoms with E-state index in [0.29, 0.717) is 17.1 Å². The predicted molar refractivity (Wildman–Crippen MR) is 92.9 cm³/mol. The second kappa shape index (κ2) is 7.02. The van der Waals surface area contributed by atoms with Crippen molar-refractivity contribution >= 4 is 16.7 Å². The molecular weight excluding hydrogens is 304 g/mol. The summed E-state index contributed by atoms with van der Waals surface area (Å²) in [5, 5.41) is 1.97. The van der Waals surface area contributed by atoms with E-state index in [1.165, 1.54) is 7.11 Å². The van der Waals surface area contributed by atoms with Crippen LogP contribution < -0.4 is 20.6 Å². The molecule has 0 unspecified atom stereocenters. The largest absolute Gasteiger partial charge is 0.496 e. The van der Waals surface area contributed by atoms with Gasteiger partial charge in [0.05, 0.1) is 12.7 Å². The Bertz CT molecular complexity index is 877. The molecule has 0 aliphatic carbocycles. The van der Waals surface area contributed by atoms with E-state index in [1.807, 2.05) is 61.5 Å². The minimum absolute atomic E-state index is 0.341. The number of benzene rings is 3. The highest BCUT2D eigenvalue weighted by molar-refractivity contribution is 6.01. The van der Waals surface area contributed by atoms with Crippen LogP contribution in [0.5, 0.6) is 11.5 Å². The first-order valence-corrected chi connectivity index (χ1v) is 7.53. The summed E-state index contributed by atoms with van der Waals surface area (Å²) in [6.07, 6.45) is 0. The number of aryl methyl sites for hydroxylation is 1. The molecule has 1 amide bonds. The number of fused-ring (bicyclic) bond motifs is 1. The van der Waals surface area contributed by atoms with Gasteiger partial charge in [0, 0.05) is 0 Å². The number of ether oxygens (including phenoxy) is 1. The predicted octanol–water partition coefficient (Wildman–Crippen LogP) is 3.39. The van der Waals surface area contributed by atoms with Gasteiger partial charge in [0.15, 0.2) is 5.75 Å². The van der Waals surface area contributed by atoms with Gasteiger partial charge in [0.2, 0.25) is 0 Å². The maximum Gasteiger partial charge on any atom is 0.271 e. The molecule has 0 aliphatic heterocycles. The van der Waals surface area contributed by atoms with Gasteiger partial charge in [-0.3, -0.25) is 10.2 Å². The summed E-state index contributed by atoms with van der Waals surface area (Å²) in [5.41, 5.74) is 6.40. The first-order chi connectivity index (χ1) is 11.7. The molecule has 5 nitrogen and oxygen atoms in total. The summed E-state index contributed by atoms with van der Waals surface area (Å²) in [7, 11) is 1.54. The lowest BCUT2D eigenvalue weighted by atomic mass is 10.1. The lowest BCUT2D eigenvalue weighted by Crippen LogP contribution is -2.40. The van der Waals surface area contributed by atoms with Crippen molar-refractivity contribution in [3.63, 3.8) is 0 Å². The zero-order chi connectivity index (χ0) is 16.9. The standard InChI is InChI=1S/C19H18N2O3/c1-13-7-3-6-10-17(13)24-21-20-19(22)16-11-14-8-4-5-9-15(14)12-18(16)23-2/h3-12,21H,1-2H3,(H,20,22). The molecule has 5 heteroatoms. The Morgan fingerprint density at radius 2 is 1.58 bits per heavy atom. The first kappa shape index (κ1) is 15.8. The van der Waals surface area contributed by atoms with Gasteiger partial charge in [-0.05, 0) is 41.5 Å². The Morgan fingerprint density at radius 1 is 0.917 bits per heavy atom. The van der Waals surface area contributed by atoms with E-state index in [-0.39, 0.29) is 5.91 Å². The molecule has 122 valence electrons. The van der Waals surface area contributed by atoms with Gasteiger partial charge in [-0.1, -0.05) is 48.1 Å². The zero-order valence-corrected chi connectivity index (χ0v) is 13.5. The number of carbonyl (C=O) groups is 1. The number of amides is 1. The van der Waals surface area contributed by atoms with Crippen molar-refractivity contribution < 1.29 is 14.4 Å². The van der Waals surface area contributed by atoms with Crippen LogP contribution in [0, 0.1) is 6.92 Å². The van der Waals surface area contributed by atoms with Crippen molar-refractivity contribution in [2.75, 3.05) is 7.11 Å². The fourth-order valence-electron chi connectivity index (χ4n) is 2.43. The van der Waals surface area contributed by atoms with E-state index < -0.39 is 0 Å². The van der Waals surface area contributed by atoms with Crippen LogP contribution in [-0.2, 0) is 0 Å². The minimum atomic E-state index is -0.341. The van der Waals surface area contributed by atoms with Crippen LogP contribution in [0.15, 0.2) is 60.7 Å². The van der Waals surface area contributed by atoms with Crippen molar-refractivity contribution in [1.29, 1.82) is 0 Å². The number of hydrogen-bond acceptors (Lipinski definition) is 4. The number of methoxy groups -OCH3 is 1. The number of carbonyl (C=O) groups excluding carboxylic acids is 1. The maximum absolute atomic E-state index is 12.4. The van der Waals surface area contributed by atoms with Crippen molar-refractivity contribution in [2.45, 2.75) is 6.92 Å². The molecule has 24 heavy (non-hydrogen) atoms. The third kappa shape index (κ3) is 3.31. The van der Waals surface area contributed by atoms with E-state index >= 15 is 0 Å². The van der Waals surface area contributed by atoms with Crippen LogP contribution in [0.3, 0.4) is 0 Å². The molecule has 0 heterocycles. The second-order valence-electron chi connectivity index (χ2n) is 5.32. The summed E-state index contributed by atoms with van der Waals surface area (Å²) in [6.45, 7) is 1.92. The quantitative estimate of drug-likeness (QED) is 0.707. The van der Waals surface area contributed by atoms with Crippen molar-refractivity contribution in [1.82, 2.24) is 11.0 Å². The number of para-hydroxylation sites is 1. The van der Waals surface area contributed by atoms with Crippen molar-refractivity contribution in [3.8, 4) is 11.5 Å². The molecular formula is C19H18N2O3. The Labute approximate surface area is 140 Å². The monoisotopic (exact) mass is 322 g/mol. The van der Waals surface area contributed by atoms with Crippen LogP contribution in [-0.4, -0.2) is 13.0 Å². The second-order valence-corrected chi connectivity index (χ2v) is 5.32. The highest BCUT2D eigenvalue weighted by Gasteiger charge is 2.13. The molecule has 0 saturated heterocycles. The summed E-state index contributed by atoms with van der Waals surface area (Å²) in [4.78, 5) is 17.8. The van der Waals surface area contributed by atoms with Gasteiger partial charge in [-0.15, -0.1) is 0 Å². The maximum atomic E-state index is 12.4. The van der Waals surface area contributed by atoms with E-state index in [4.69, 9.17) is 9.57 Å². The van der Waals surface area contributed by atoms with Gasteiger partial charge in [-0.25, -0.2) is 0 Å². The molecule has 0 aliphatic rings. The molecule has 2 N–H and O–H groups in total. The minimum Gasteiger partial charge on any atom is -0.496 e. The highest BCUT2D eigenvalue weighted by Crippen LogP contribution is 2.25. The molecule has 3 rings (SSSR count). The van der Waals surface area contributed by atoms with Gasteiger partial charge in [-0.2, -0.15) is 0 Å². The normalized spacial score (nSPS) is 10.4. The average molecular weight is 322 g/mol. The highest BCUT2D eigenvalue weighted by atomic mass is 16.7. The van der Waals surface area contributed by atoms with Gasteiger partial charge >= 0.3 is 0 Å². The molecule has 0 saturated carbocycles. The fraction of sp³-hybridized carbons (Fsp3) is 0.105. The fourth-order valence-corrected chi connectivity index (χ4v) is 2.43. The molecule has 0 bridgehead atoms. The lowest BCUT2D eigenvalue weighted by molar-refractivity contribution is 0.0789. The SMILES string of the molecule is COc1cc2ccccc2cc1C(=O)NNOc1ccccc1C. The molecule has 0 fully saturated rings. The molecule has 3 aromatic carbocycles. The van der Waals surface area contributed by atoms with E-state index in [9.17, 15) is 4.79 Å². The Morgan fingerprint density at radius 3 is 2.29 bits per heavy atom. The van der Waals surface area contributed by atoms with Gasteiger partial charge < -0.3 is 9.57 Å². The number of hydrogen-bond donors (Lipinski definition) is 2. The van der Waals surface area contributed by atoms with Crippen LogP contribution in [0.1, 0.15) is 15.9 Å². The molecule has 0 radical (unpaired) electrons. The van der Waals surface area contributed by atoms with Crippen LogP contribution in [0.4, 0.5) is 0 Å². The Kier molecular flexibility index (Phi) is 4.63. The third-order valence-electron chi connectivity index (χ3n) is 3.73. The number of nitrogens with one attached hydrogen (secondary N) is 2. The summed E-state index contributed by atoms with van der Waals surface area (Å²) >= 11 is 0. The lowest BCUT2D eigenvalue weighted by Gasteiger charge is -2.13. The van der Waals surface area contributed by atoms with E-state index in [0.717, 1.165) is 16.3 Å². The van der Waals surface area contributed by atoms with Crippen LogP contribution in [0.25, 0.3) is 10.8 Å². The van der Waals surface area contributed by atoms with E-state index in [1.54, 1.807) is 6.07 Å².